The summed E-state index contributed by atoms with van der Waals surface area (Å²) in [5.41, 5.74) is 0. The minimum Gasteiger partial charge on any atom is -0.417 e. The fourth-order valence-electron chi connectivity index (χ4n) is 2.14. The maximum Gasteiger partial charge on any atom is 0.192 e. The van der Waals surface area contributed by atoms with Crippen molar-refractivity contribution in [1.29, 1.82) is 0 Å². The van der Waals surface area contributed by atoms with E-state index in [0.29, 0.717) is 5.92 Å². The molecule has 0 aromatic rings. The summed E-state index contributed by atoms with van der Waals surface area (Å²) in [7, 11) is -1.22. The standard InChI is InChI=1S/C11H24OSi/c1-4-13(12-10-11(2)3)8-6-5-7-9-13/h11H,4-10H2,1-3H3. The number of hydrogen-bond acceptors (Lipinski definition) is 1. The van der Waals surface area contributed by atoms with Crippen molar-refractivity contribution >= 4 is 8.32 Å². The largest absolute Gasteiger partial charge is 0.417 e. The predicted octanol–water partition coefficient (Wildman–Crippen LogP) is 3.81. The van der Waals surface area contributed by atoms with Crippen molar-refractivity contribution in [3.8, 4) is 0 Å². The first kappa shape index (κ1) is 11.3. The highest BCUT2D eigenvalue weighted by molar-refractivity contribution is 6.73. The molecular formula is C11H24OSi. The zero-order valence-electron chi connectivity index (χ0n) is 9.44. The van der Waals surface area contributed by atoms with Gasteiger partial charge < -0.3 is 4.43 Å². The van der Waals surface area contributed by atoms with E-state index in [-0.39, 0.29) is 0 Å². The van der Waals surface area contributed by atoms with Gasteiger partial charge in [-0.2, -0.15) is 0 Å². The zero-order chi connectivity index (χ0) is 9.73. The van der Waals surface area contributed by atoms with Crippen molar-refractivity contribution in [2.45, 2.75) is 58.2 Å². The summed E-state index contributed by atoms with van der Waals surface area (Å²) in [5.74, 6) is 0.706. The van der Waals surface area contributed by atoms with Crippen LogP contribution in [0.5, 0.6) is 0 Å². The first-order chi connectivity index (χ1) is 6.18. The van der Waals surface area contributed by atoms with E-state index in [1.54, 1.807) is 0 Å². The van der Waals surface area contributed by atoms with Gasteiger partial charge in [0.05, 0.1) is 0 Å². The maximum atomic E-state index is 6.22. The van der Waals surface area contributed by atoms with Crippen LogP contribution < -0.4 is 0 Å². The van der Waals surface area contributed by atoms with Crippen molar-refractivity contribution in [3.05, 3.63) is 0 Å². The van der Waals surface area contributed by atoms with Crippen LogP contribution in [0.3, 0.4) is 0 Å². The van der Waals surface area contributed by atoms with Gasteiger partial charge in [-0.05, 0) is 24.1 Å². The lowest BCUT2D eigenvalue weighted by Crippen LogP contribution is -2.40. The normalized spacial score (nSPS) is 22.2. The van der Waals surface area contributed by atoms with Crippen LogP contribution in [-0.4, -0.2) is 14.9 Å². The highest BCUT2D eigenvalue weighted by atomic mass is 28.4. The predicted molar refractivity (Wildman–Crippen MR) is 60.5 cm³/mol. The third kappa shape index (κ3) is 3.43. The molecule has 1 heterocycles. The van der Waals surface area contributed by atoms with Gasteiger partial charge in [-0.25, -0.2) is 0 Å². The minimum absolute atomic E-state index is 0.706. The molecule has 1 saturated heterocycles. The van der Waals surface area contributed by atoms with E-state index in [2.05, 4.69) is 20.8 Å². The molecule has 2 heteroatoms. The highest BCUT2D eigenvalue weighted by Gasteiger charge is 2.34. The summed E-state index contributed by atoms with van der Waals surface area (Å²) >= 11 is 0. The van der Waals surface area contributed by atoms with Crippen molar-refractivity contribution in [3.63, 3.8) is 0 Å². The molecule has 0 aliphatic carbocycles. The van der Waals surface area contributed by atoms with Crippen LogP contribution in [0.2, 0.25) is 18.1 Å². The molecule has 0 aromatic heterocycles. The summed E-state index contributed by atoms with van der Waals surface area (Å²) in [5, 5.41) is 0. The smallest absolute Gasteiger partial charge is 0.192 e. The van der Waals surface area contributed by atoms with Gasteiger partial charge in [0, 0.05) is 6.61 Å². The van der Waals surface area contributed by atoms with Gasteiger partial charge in [-0.1, -0.05) is 40.0 Å². The molecule has 0 unspecified atom stereocenters. The Bertz CT molecular complexity index is 139. The SMILES string of the molecule is CC[Si]1(OCC(C)C)CCCCC1. The minimum atomic E-state index is -1.22. The molecule has 1 rings (SSSR count). The first-order valence-corrected chi connectivity index (χ1v) is 8.35. The molecular weight excluding hydrogens is 176 g/mol. The lowest BCUT2D eigenvalue weighted by Gasteiger charge is -2.34. The fraction of sp³-hybridized carbons (Fsp3) is 1.00. The topological polar surface area (TPSA) is 9.23 Å². The van der Waals surface area contributed by atoms with E-state index in [0.717, 1.165) is 6.61 Å². The second kappa shape index (κ2) is 5.16. The van der Waals surface area contributed by atoms with E-state index in [4.69, 9.17) is 4.43 Å². The Morgan fingerprint density at radius 3 is 2.23 bits per heavy atom. The molecule has 0 saturated carbocycles. The molecule has 1 fully saturated rings. The van der Waals surface area contributed by atoms with Gasteiger partial charge in [0.2, 0.25) is 0 Å². The Balaban J connectivity index is 2.38. The van der Waals surface area contributed by atoms with Crippen LogP contribution in [-0.2, 0) is 4.43 Å². The zero-order valence-corrected chi connectivity index (χ0v) is 10.4. The summed E-state index contributed by atoms with van der Waals surface area (Å²) in [4.78, 5) is 0. The molecule has 0 atom stereocenters. The van der Waals surface area contributed by atoms with E-state index in [1.807, 2.05) is 0 Å². The summed E-state index contributed by atoms with van der Waals surface area (Å²) in [6, 6.07) is 4.19. The first-order valence-electron chi connectivity index (χ1n) is 5.82. The summed E-state index contributed by atoms with van der Waals surface area (Å²) in [6.45, 7) is 7.83. The van der Waals surface area contributed by atoms with Crippen molar-refractivity contribution < 1.29 is 4.43 Å². The molecule has 0 aromatic carbocycles. The maximum absolute atomic E-state index is 6.22. The molecule has 0 amide bonds. The van der Waals surface area contributed by atoms with Crippen LogP contribution in [0, 0.1) is 5.92 Å². The molecule has 0 radical (unpaired) electrons. The molecule has 1 nitrogen and oxygen atoms in total. The fourth-order valence-corrected chi connectivity index (χ4v) is 6.06. The Morgan fingerprint density at radius 1 is 1.15 bits per heavy atom. The third-order valence-electron chi connectivity index (χ3n) is 3.13. The third-order valence-corrected chi connectivity index (χ3v) is 7.73. The number of hydrogen-bond donors (Lipinski definition) is 0. The van der Waals surface area contributed by atoms with E-state index in [1.165, 1.54) is 37.4 Å². The number of rotatable bonds is 4. The lowest BCUT2D eigenvalue weighted by molar-refractivity contribution is 0.249. The molecule has 0 N–H and O–H groups in total. The van der Waals surface area contributed by atoms with Gasteiger partial charge >= 0.3 is 0 Å². The van der Waals surface area contributed by atoms with Crippen molar-refractivity contribution in [2.75, 3.05) is 6.61 Å². The Hall–Kier alpha value is 0.177. The molecule has 0 spiro atoms. The highest BCUT2D eigenvalue weighted by Crippen LogP contribution is 2.32. The van der Waals surface area contributed by atoms with Crippen LogP contribution in [0.4, 0.5) is 0 Å². The second-order valence-corrected chi connectivity index (χ2v) is 9.16. The molecule has 1 aliphatic heterocycles. The van der Waals surface area contributed by atoms with Crippen molar-refractivity contribution in [1.82, 2.24) is 0 Å². The summed E-state index contributed by atoms with van der Waals surface area (Å²) in [6.07, 6.45) is 4.30. The second-order valence-electron chi connectivity index (χ2n) is 4.80. The van der Waals surface area contributed by atoms with Crippen LogP contribution in [0.1, 0.15) is 40.0 Å². The average molecular weight is 200 g/mol. The monoisotopic (exact) mass is 200 g/mol. The van der Waals surface area contributed by atoms with Crippen LogP contribution >= 0.6 is 0 Å². The Labute approximate surface area is 84.0 Å². The van der Waals surface area contributed by atoms with Gasteiger partial charge in [-0.3, -0.25) is 0 Å². The van der Waals surface area contributed by atoms with Crippen LogP contribution in [0.15, 0.2) is 0 Å². The van der Waals surface area contributed by atoms with E-state index in [9.17, 15) is 0 Å². The van der Waals surface area contributed by atoms with Gasteiger partial charge in [0.1, 0.15) is 0 Å². The van der Waals surface area contributed by atoms with E-state index >= 15 is 0 Å². The molecule has 78 valence electrons. The van der Waals surface area contributed by atoms with Crippen LogP contribution in [0.25, 0.3) is 0 Å². The molecule has 0 bridgehead atoms. The summed E-state index contributed by atoms with van der Waals surface area (Å²) < 4.78 is 6.22. The quantitative estimate of drug-likeness (QED) is 0.627. The molecule has 13 heavy (non-hydrogen) atoms. The van der Waals surface area contributed by atoms with E-state index < -0.39 is 8.32 Å². The van der Waals surface area contributed by atoms with Crippen molar-refractivity contribution in [2.24, 2.45) is 5.92 Å². The Kier molecular flexibility index (Phi) is 4.46. The molecule has 1 aliphatic rings. The van der Waals surface area contributed by atoms with Gasteiger partial charge in [0.25, 0.3) is 0 Å². The lowest BCUT2D eigenvalue weighted by atomic mass is 10.2. The van der Waals surface area contributed by atoms with Gasteiger partial charge in [0.15, 0.2) is 8.32 Å². The van der Waals surface area contributed by atoms with Gasteiger partial charge in [-0.15, -0.1) is 0 Å². The average Bonchev–Trinajstić information content (AvgIpc) is 2.16. The Morgan fingerprint density at radius 2 is 1.77 bits per heavy atom.